The molecule has 1 aromatic carbocycles. The molecule has 0 unspecified atom stereocenters. The van der Waals surface area contributed by atoms with E-state index >= 15 is 0 Å². The second-order valence-electron chi connectivity index (χ2n) is 5.58. The summed E-state index contributed by atoms with van der Waals surface area (Å²) in [6.07, 6.45) is 1.56. The zero-order valence-electron chi connectivity index (χ0n) is 14.2. The molecule has 27 heavy (non-hydrogen) atoms. The molecule has 0 fully saturated rings. The highest BCUT2D eigenvalue weighted by atomic mass is 16.6. The maximum absolute atomic E-state index is 12.7. The third-order valence-corrected chi connectivity index (χ3v) is 3.99. The minimum atomic E-state index is -0.710. The Labute approximate surface area is 152 Å². The number of nitrogens with zero attached hydrogens (tertiary/aromatic N) is 4. The minimum absolute atomic E-state index is 0.0733. The van der Waals surface area contributed by atoms with E-state index in [0.717, 1.165) is 6.07 Å². The molecule has 0 spiro atoms. The fourth-order valence-electron chi connectivity index (χ4n) is 2.70. The van der Waals surface area contributed by atoms with Crippen molar-refractivity contribution in [3.05, 3.63) is 74.2 Å². The molecule has 9 heteroatoms. The Morgan fingerprint density at radius 1 is 1.37 bits per heavy atom. The molecule has 0 saturated heterocycles. The smallest absolute Gasteiger partial charge is 0.270 e. The predicted molar refractivity (Wildman–Crippen MR) is 97.4 cm³/mol. The van der Waals surface area contributed by atoms with E-state index in [2.05, 4.69) is 10.3 Å². The van der Waals surface area contributed by atoms with Gasteiger partial charge < -0.3 is 5.32 Å². The lowest BCUT2D eigenvalue weighted by molar-refractivity contribution is -0.384. The number of nitrogens with one attached hydrogen (secondary N) is 1. The lowest BCUT2D eigenvalue weighted by Gasteiger charge is -2.11. The quantitative estimate of drug-likeness (QED) is 0.559. The molecule has 9 nitrogen and oxygen atoms in total. The number of anilines is 1. The van der Waals surface area contributed by atoms with Crippen LogP contribution in [0.4, 0.5) is 11.4 Å². The third-order valence-electron chi connectivity index (χ3n) is 3.99. The Hall–Kier alpha value is -4.06. The molecule has 134 valence electrons. The van der Waals surface area contributed by atoms with Crippen molar-refractivity contribution in [3.8, 4) is 6.07 Å². The second kappa shape index (κ2) is 7.05. The van der Waals surface area contributed by atoms with Gasteiger partial charge in [0.2, 0.25) is 0 Å². The number of nitriles is 1. The van der Waals surface area contributed by atoms with Crippen molar-refractivity contribution in [3.63, 3.8) is 0 Å². The molecule has 0 radical (unpaired) electrons. The number of pyridine rings is 2. The Kier molecular flexibility index (Phi) is 4.64. The monoisotopic (exact) mass is 363 g/mol. The lowest BCUT2D eigenvalue weighted by atomic mass is 10.1. The summed E-state index contributed by atoms with van der Waals surface area (Å²) in [5, 5.41) is 23.1. The van der Waals surface area contributed by atoms with Crippen LogP contribution in [-0.4, -0.2) is 20.4 Å². The molecule has 2 aromatic heterocycles. The molecule has 0 aliphatic rings. The number of carbonyl (C=O) groups is 1. The van der Waals surface area contributed by atoms with Crippen LogP contribution < -0.4 is 10.9 Å². The highest BCUT2D eigenvalue weighted by Crippen LogP contribution is 2.22. The van der Waals surface area contributed by atoms with Crippen LogP contribution in [0.25, 0.3) is 11.0 Å². The SMILES string of the molecule is CCn1c(=O)c(C(=O)Nc2ccc([N+](=O)[O-])cc2C#N)cc2cccnc21. The Morgan fingerprint density at radius 3 is 2.81 bits per heavy atom. The molecule has 3 rings (SSSR count). The summed E-state index contributed by atoms with van der Waals surface area (Å²) < 4.78 is 1.38. The van der Waals surface area contributed by atoms with E-state index in [4.69, 9.17) is 0 Å². The van der Waals surface area contributed by atoms with E-state index in [1.165, 1.54) is 22.8 Å². The van der Waals surface area contributed by atoms with Gasteiger partial charge in [0.1, 0.15) is 17.3 Å². The van der Waals surface area contributed by atoms with Gasteiger partial charge in [-0.15, -0.1) is 0 Å². The van der Waals surface area contributed by atoms with Gasteiger partial charge in [0, 0.05) is 30.3 Å². The second-order valence-corrected chi connectivity index (χ2v) is 5.58. The van der Waals surface area contributed by atoms with Crippen LogP contribution in [0.3, 0.4) is 0 Å². The van der Waals surface area contributed by atoms with Crippen LogP contribution in [0.5, 0.6) is 0 Å². The van der Waals surface area contributed by atoms with E-state index in [-0.39, 0.29) is 22.5 Å². The number of aromatic nitrogens is 2. The van der Waals surface area contributed by atoms with Gasteiger partial charge in [0.15, 0.2) is 0 Å². The fourth-order valence-corrected chi connectivity index (χ4v) is 2.70. The molecule has 0 saturated carbocycles. The Balaban J connectivity index is 2.05. The molecule has 0 atom stereocenters. The number of rotatable bonds is 4. The van der Waals surface area contributed by atoms with Crippen LogP contribution in [0.1, 0.15) is 22.8 Å². The number of hydrogen-bond donors (Lipinski definition) is 1. The van der Waals surface area contributed by atoms with Crippen LogP contribution in [-0.2, 0) is 6.54 Å². The minimum Gasteiger partial charge on any atom is -0.321 e. The molecule has 1 amide bonds. The summed E-state index contributed by atoms with van der Waals surface area (Å²) in [7, 11) is 0. The van der Waals surface area contributed by atoms with E-state index in [9.17, 15) is 25.0 Å². The van der Waals surface area contributed by atoms with Gasteiger partial charge in [-0.1, -0.05) is 0 Å². The molecular weight excluding hydrogens is 350 g/mol. The zero-order chi connectivity index (χ0) is 19.6. The number of hydrogen-bond acceptors (Lipinski definition) is 6. The van der Waals surface area contributed by atoms with E-state index < -0.39 is 16.4 Å². The number of aryl methyl sites for hydroxylation is 1. The average molecular weight is 363 g/mol. The van der Waals surface area contributed by atoms with Crippen LogP contribution in [0.15, 0.2) is 47.4 Å². The van der Waals surface area contributed by atoms with Crippen molar-refractivity contribution in [2.45, 2.75) is 13.5 Å². The van der Waals surface area contributed by atoms with Crippen LogP contribution >= 0.6 is 0 Å². The fraction of sp³-hybridized carbons (Fsp3) is 0.111. The topological polar surface area (TPSA) is 131 Å². The number of nitro benzene ring substituents is 1. The first kappa shape index (κ1) is 17.8. The van der Waals surface area contributed by atoms with Crippen molar-refractivity contribution >= 4 is 28.3 Å². The molecule has 3 aromatic rings. The molecular formula is C18H13N5O4. The lowest BCUT2D eigenvalue weighted by Crippen LogP contribution is -2.29. The molecule has 0 bridgehead atoms. The first-order valence-corrected chi connectivity index (χ1v) is 7.94. The van der Waals surface area contributed by atoms with E-state index in [1.807, 2.05) is 0 Å². The van der Waals surface area contributed by atoms with Gasteiger partial charge in [0.05, 0.1) is 16.2 Å². The number of amides is 1. The average Bonchev–Trinajstić information content (AvgIpc) is 2.67. The van der Waals surface area contributed by atoms with Gasteiger partial charge >= 0.3 is 0 Å². The summed E-state index contributed by atoms with van der Waals surface area (Å²) in [4.78, 5) is 39.7. The number of nitro groups is 1. The van der Waals surface area contributed by atoms with Gasteiger partial charge in [-0.2, -0.15) is 5.26 Å². The summed E-state index contributed by atoms with van der Waals surface area (Å²) in [6, 6.07) is 10.2. The molecule has 0 aliphatic heterocycles. The van der Waals surface area contributed by atoms with Gasteiger partial charge in [-0.05, 0) is 31.2 Å². The highest BCUT2D eigenvalue weighted by Gasteiger charge is 2.18. The largest absolute Gasteiger partial charge is 0.321 e. The maximum Gasteiger partial charge on any atom is 0.270 e. The Morgan fingerprint density at radius 2 is 2.15 bits per heavy atom. The van der Waals surface area contributed by atoms with Crippen molar-refractivity contribution in [2.24, 2.45) is 0 Å². The zero-order valence-corrected chi connectivity index (χ0v) is 14.2. The van der Waals surface area contributed by atoms with Gasteiger partial charge in [-0.3, -0.25) is 24.3 Å². The third kappa shape index (κ3) is 3.23. The van der Waals surface area contributed by atoms with Crippen molar-refractivity contribution < 1.29 is 9.72 Å². The maximum atomic E-state index is 12.7. The van der Waals surface area contributed by atoms with Gasteiger partial charge in [0.25, 0.3) is 17.2 Å². The van der Waals surface area contributed by atoms with E-state index in [1.54, 1.807) is 31.3 Å². The standard InChI is InChI=1S/C18H13N5O4/c1-2-22-16-11(4-3-7-20-16)9-14(18(22)25)17(24)21-15-6-5-13(23(26)27)8-12(15)10-19/h3-9H,2H2,1H3,(H,21,24). The van der Waals surface area contributed by atoms with Crippen molar-refractivity contribution in [2.75, 3.05) is 5.32 Å². The normalized spacial score (nSPS) is 10.4. The predicted octanol–water partition coefficient (Wildman–Crippen LogP) is 2.45. The van der Waals surface area contributed by atoms with Gasteiger partial charge in [-0.25, -0.2) is 4.98 Å². The number of benzene rings is 1. The molecule has 0 aliphatic carbocycles. The first-order valence-electron chi connectivity index (χ1n) is 7.94. The highest BCUT2D eigenvalue weighted by molar-refractivity contribution is 6.06. The molecule has 2 heterocycles. The first-order chi connectivity index (χ1) is 13.0. The van der Waals surface area contributed by atoms with Crippen LogP contribution in [0, 0.1) is 21.4 Å². The van der Waals surface area contributed by atoms with Crippen LogP contribution in [0.2, 0.25) is 0 Å². The summed E-state index contributed by atoms with van der Waals surface area (Å²) in [5.74, 6) is -0.710. The molecule has 1 N–H and O–H groups in total. The Bertz CT molecular complexity index is 1180. The van der Waals surface area contributed by atoms with E-state index in [0.29, 0.717) is 17.6 Å². The number of fused-ring (bicyclic) bond motifs is 1. The van der Waals surface area contributed by atoms with Crippen molar-refractivity contribution in [1.82, 2.24) is 9.55 Å². The summed E-state index contributed by atoms with van der Waals surface area (Å²) in [5.41, 5.74) is -0.414. The number of carbonyl (C=O) groups excluding carboxylic acids is 1. The summed E-state index contributed by atoms with van der Waals surface area (Å²) in [6.45, 7) is 2.09. The summed E-state index contributed by atoms with van der Waals surface area (Å²) >= 11 is 0. The van der Waals surface area contributed by atoms with Crippen molar-refractivity contribution in [1.29, 1.82) is 5.26 Å². The number of non-ortho nitro benzene ring substituents is 1.